The van der Waals surface area contributed by atoms with Crippen LogP contribution in [0.2, 0.25) is 5.02 Å². The summed E-state index contributed by atoms with van der Waals surface area (Å²) in [5, 5.41) is 8.75. The van der Waals surface area contributed by atoms with Crippen LogP contribution in [0, 0.1) is 12.8 Å². The van der Waals surface area contributed by atoms with Gasteiger partial charge in [-0.15, -0.1) is 0 Å². The van der Waals surface area contributed by atoms with Crippen molar-refractivity contribution in [2.24, 2.45) is 13.0 Å². The van der Waals surface area contributed by atoms with Crippen LogP contribution in [-0.2, 0) is 11.8 Å². The molecule has 0 bridgehead atoms. The predicted molar refractivity (Wildman–Crippen MR) is 115 cm³/mol. The summed E-state index contributed by atoms with van der Waals surface area (Å²) in [5.41, 5.74) is 8.57. The Balaban J connectivity index is 1.48. The van der Waals surface area contributed by atoms with E-state index in [9.17, 15) is 4.79 Å². The Hall–Kier alpha value is -2.87. The maximum absolute atomic E-state index is 12.9. The summed E-state index contributed by atoms with van der Waals surface area (Å²) in [6.45, 7) is 3.74. The molecule has 8 nitrogen and oxygen atoms in total. The van der Waals surface area contributed by atoms with Gasteiger partial charge in [-0.1, -0.05) is 11.6 Å². The minimum Gasteiger partial charge on any atom is -0.368 e. The smallest absolute Gasteiger partial charge is 0.222 e. The van der Waals surface area contributed by atoms with E-state index in [-0.39, 0.29) is 24.2 Å². The first-order valence-corrected chi connectivity index (χ1v) is 10.0. The second kappa shape index (κ2) is 7.87. The van der Waals surface area contributed by atoms with Crippen molar-refractivity contribution in [2.75, 3.05) is 35.6 Å². The summed E-state index contributed by atoms with van der Waals surface area (Å²) in [7, 11) is 1.89. The van der Waals surface area contributed by atoms with Gasteiger partial charge in [-0.3, -0.25) is 9.48 Å². The van der Waals surface area contributed by atoms with Gasteiger partial charge in [0.1, 0.15) is 5.82 Å². The summed E-state index contributed by atoms with van der Waals surface area (Å²) in [6.07, 6.45) is 5.68. The number of aromatic nitrogens is 4. The Bertz CT molecular complexity index is 1060. The summed E-state index contributed by atoms with van der Waals surface area (Å²) >= 11 is 6.20. The number of piperidine rings is 1. The fourth-order valence-electron chi connectivity index (χ4n) is 3.87. The van der Waals surface area contributed by atoms with E-state index in [1.165, 1.54) is 0 Å². The number of nitrogens with one attached hydrogen (secondary N) is 1. The average Bonchev–Trinajstić information content (AvgIpc) is 3.13. The van der Waals surface area contributed by atoms with Crippen molar-refractivity contribution in [3.63, 3.8) is 0 Å². The molecular weight excluding hydrogens is 390 g/mol. The third-order valence-electron chi connectivity index (χ3n) is 5.34. The fourth-order valence-corrected chi connectivity index (χ4v) is 4.15. The van der Waals surface area contributed by atoms with Crippen molar-refractivity contribution in [3.05, 3.63) is 35.1 Å². The minimum absolute atomic E-state index is 0.0350. The molecule has 3 N–H and O–H groups in total. The lowest BCUT2D eigenvalue weighted by Gasteiger charge is -2.32. The second-order valence-electron chi connectivity index (χ2n) is 7.53. The molecule has 1 aliphatic rings. The molecule has 152 valence electrons. The number of hydrogen-bond donors (Lipinski definition) is 2. The van der Waals surface area contributed by atoms with Crippen LogP contribution >= 0.6 is 11.6 Å². The number of halogens is 1. The van der Waals surface area contributed by atoms with Crippen LogP contribution in [0.5, 0.6) is 0 Å². The molecule has 0 radical (unpaired) electrons. The van der Waals surface area contributed by atoms with Crippen molar-refractivity contribution < 1.29 is 4.79 Å². The third kappa shape index (κ3) is 4.12. The maximum Gasteiger partial charge on any atom is 0.222 e. The van der Waals surface area contributed by atoms with Gasteiger partial charge in [-0.05, 0) is 37.5 Å². The SMILES string of the molecule is Cc1cc(Cl)cc2c(NCC(=O)C3CCCN(c4cnn(C)c4)C3)nc(N)nc12. The molecule has 0 aliphatic carbocycles. The molecule has 3 heterocycles. The zero-order chi connectivity index (χ0) is 20.5. The minimum atomic E-state index is -0.0350. The van der Waals surface area contributed by atoms with Crippen LogP contribution in [0.3, 0.4) is 0 Å². The first-order chi connectivity index (χ1) is 13.9. The molecule has 0 amide bonds. The normalized spacial score (nSPS) is 16.9. The number of carbonyl (C=O) groups is 1. The monoisotopic (exact) mass is 413 g/mol. The van der Waals surface area contributed by atoms with Crippen LogP contribution in [0.25, 0.3) is 10.9 Å². The van der Waals surface area contributed by atoms with Gasteiger partial charge in [-0.25, -0.2) is 4.98 Å². The molecule has 1 fully saturated rings. The quantitative estimate of drug-likeness (QED) is 0.663. The summed E-state index contributed by atoms with van der Waals surface area (Å²) in [6, 6.07) is 3.63. The van der Waals surface area contributed by atoms with Crippen LogP contribution in [0.4, 0.5) is 17.5 Å². The van der Waals surface area contributed by atoms with Crippen molar-refractivity contribution in [1.29, 1.82) is 0 Å². The lowest BCUT2D eigenvalue weighted by Crippen LogP contribution is -2.40. The summed E-state index contributed by atoms with van der Waals surface area (Å²) in [5.74, 6) is 0.819. The van der Waals surface area contributed by atoms with Gasteiger partial charge in [0.15, 0.2) is 5.78 Å². The fraction of sp³-hybridized carbons (Fsp3) is 0.400. The van der Waals surface area contributed by atoms with Crippen LogP contribution in [0.1, 0.15) is 18.4 Å². The van der Waals surface area contributed by atoms with Crippen molar-refractivity contribution in [2.45, 2.75) is 19.8 Å². The van der Waals surface area contributed by atoms with Gasteiger partial charge >= 0.3 is 0 Å². The number of ketones is 1. The number of nitrogen functional groups attached to an aromatic ring is 1. The van der Waals surface area contributed by atoms with E-state index in [4.69, 9.17) is 17.3 Å². The average molecular weight is 414 g/mol. The zero-order valence-corrected chi connectivity index (χ0v) is 17.3. The topological polar surface area (TPSA) is 102 Å². The molecule has 0 spiro atoms. The van der Waals surface area contributed by atoms with Crippen LogP contribution in [-0.4, -0.2) is 45.2 Å². The number of carbonyl (C=O) groups excluding carboxylic acids is 1. The number of fused-ring (bicyclic) bond motifs is 1. The predicted octanol–water partition coefficient (Wildman–Crippen LogP) is 2.80. The molecule has 2 aromatic heterocycles. The Morgan fingerprint density at radius 1 is 1.38 bits per heavy atom. The molecular formula is C20H24ClN7O. The standard InChI is InChI=1S/C20H24ClN7O/c1-12-6-14(21)7-16-18(12)25-20(22)26-19(16)23-9-17(29)13-4-3-5-28(10-13)15-8-24-27(2)11-15/h6-8,11,13H,3-5,9-10H2,1-2H3,(H3,22,23,25,26). The Morgan fingerprint density at radius 3 is 2.97 bits per heavy atom. The first kappa shape index (κ1) is 19.4. The number of Topliss-reactive ketones (excluding diaryl/α,β-unsaturated/α-hetero) is 1. The highest BCUT2D eigenvalue weighted by atomic mass is 35.5. The Labute approximate surface area is 174 Å². The van der Waals surface area contributed by atoms with Gasteiger partial charge in [-0.2, -0.15) is 10.1 Å². The largest absolute Gasteiger partial charge is 0.368 e. The molecule has 1 saturated heterocycles. The Morgan fingerprint density at radius 2 is 2.21 bits per heavy atom. The summed E-state index contributed by atoms with van der Waals surface area (Å²) < 4.78 is 1.78. The highest BCUT2D eigenvalue weighted by Crippen LogP contribution is 2.28. The maximum atomic E-state index is 12.9. The summed E-state index contributed by atoms with van der Waals surface area (Å²) in [4.78, 5) is 23.7. The molecule has 3 aromatic rings. The number of rotatable bonds is 5. The lowest BCUT2D eigenvalue weighted by atomic mass is 9.93. The number of benzene rings is 1. The van der Waals surface area contributed by atoms with Crippen molar-refractivity contribution >= 4 is 45.7 Å². The number of aryl methyl sites for hydroxylation is 2. The van der Waals surface area contributed by atoms with Gasteiger partial charge < -0.3 is 16.0 Å². The molecule has 1 unspecified atom stereocenters. The number of hydrogen-bond acceptors (Lipinski definition) is 7. The van der Waals surface area contributed by atoms with Gasteiger partial charge in [0.2, 0.25) is 5.95 Å². The van der Waals surface area contributed by atoms with Crippen molar-refractivity contribution in [3.8, 4) is 0 Å². The van der Waals surface area contributed by atoms with Gasteiger partial charge in [0.25, 0.3) is 0 Å². The van der Waals surface area contributed by atoms with E-state index < -0.39 is 0 Å². The molecule has 1 aromatic carbocycles. The Kier molecular flexibility index (Phi) is 5.27. The van der Waals surface area contributed by atoms with Gasteiger partial charge in [0, 0.05) is 42.7 Å². The lowest BCUT2D eigenvalue weighted by molar-refractivity contribution is -0.121. The molecule has 1 aliphatic heterocycles. The van der Waals surface area contributed by atoms with Crippen molar-refractivity contribution in [1.82, 2.24) is 19.7 Å². The molecule has 4 rings (SSSR count). The number of nitrogens with two attached hydrogens (primary N) is 1. The molecule has 29 heavy (non-hydrogen) atoms. The van der Waals surface area contributed by atoms with E-state index in [1.54, 1.807) is 10.7 Å². The van der Waals surface area contributed by atoms with E-state index in [1.807, 2.05) is 32.4 Å². The van der Waals surface area contributed by atoms with Crippen LogP contribution in [0.15, 0.2) is 24.5 Å². The van der Waals surface area contributed by atoms with E-state index >= 15 is 0 Å². The van der Waals surface area contributed by atoms with E-state index in [0.717, 1.165) is 41.5 Å². The van der Waals surface area contributed by atoms with E-state index in [2.05, 4.69) is 25.3 Å². The third-order valence-corrected chi connectivity index (χ3v) is 5.55. The highest BCUT2D eigenvalue weighted by Gasteiger charge is 2.26. The molecule has 0 saturated carbocycles. The number of anilines is 3. The molecule has 9 heteroatoms. The number of nitrogens with zero attached hydrogens (tertiary/aromatic N) is 5. The van der Waals surface area contributed by atoms with Crippen LogP contribution < -0.4 is 16.0 Å². The van der Waals surface area contributed by atoms with E-state index in [0.29, 0.717) is 17.4 Å². The molecule has 1 atom stereocenters. The highest BCUT2D eigenvalue weighted by molar-refractivity contribution is 6.31. The zero-order valence-electron chi connectivity index (χ0n) is 16.5. The second-order valence-corrected chi connectivity index (χ2v) is 7.96. The van der Waals surface area contributed by atoms with Gasteiger partial charge in [0.05, 0.1) is 23.9 Å². The first-order valence-electron chi connectivity index (χ1n) is 9.64.